The zero-order valence-corrected chi connectivity index (χ0v) is 14.7. The molecule has 0 spiro atoms. The third kappa shape index (κ3) is 3.69. The van der Waals surface area contributed by atoms with Gasteiger partial charge in [-0.1, -0.05) is 37.3 Å². The minimum atomic E-state index is 0.0795. The first-order valence-corrected chi connectivity index (χ1v) is 8.89. The number of imidazole rings is 1. The molecular weight excluding hydrogens is 298 g/mol. The van der Waals surface area contributed by atoms with Crippen molar-refractivity contribution in [2.45, 2.75) is 51.5 Å². The molecule has 0 aliphatic carbocycles. The van der Waals surface area contributed by atoms with Crippen LogP contribution in [0.5, 0.6) is 0 Å². The second-order valence-electron chi connectivity index (χ2n) is 7.12. The van der Waals surface area contributed by atoms with Crippen LogP contribution >= 0.6 is 0 Å². The van der Waals surface area contributed by atoms with Crippen molar-refractivity contribution < 1.29 is 4.79 Å². The van der Waals surface area contributed by atoms with Crippen LogP contribution in [0.4, 0.5) is 0 Å². The van der Waals surface area contributed by atoms with E-state index in [1.54, 1.807) is 0 Å². The number of aryl methyl sites for hydroxylation is 2. The molecule has 128 valence electrons. The Kier molecular flexibility index (Phi) is 5.03. The Labute approximate surface area is 144 Å². The zero-order valence-electron chi connectivity index (χ0n) is 14.7. The number of aromatic nitrogens is 2. The van der Waals surface area contributed by atoms with Crippen LogP contribution in [0, 0.1) is 6.92 Å². The molecule has 24 heavy (non-hydrogen) atoms. The molecule has 0 N–H and O–H groups in total. The normalized spacial score (nSPS) is 21.0. The van der Waals surface area contributed by atoms with Gasteiger partial charge in [0.2, 0.25) is 5.91 Å². The number of piperidine rings is 1. The van der Waals surface area contributed by atoms with Crippen molar-refractivity contribution in [2.24, 2.45) is 0 Å². The van der Waals surface area contributed by atoms with Gasteiger partial charge in [-0.15, -0.1) is 0 Å². The first-order valence-electron chi connectivity index (χ1n) is 8.89. The van der Waals surface area contributed by atoms with Crippen LogP contribution in [0.2, 0.25) is 0 Å². The van der Waals surface area contributed by atoms with Crippen molar-refractivity contribution in [3.8, 4) is 0 Å². The van der Waals surface area contributed by atoms with Gasteiger partial charge in [-0.2, -0.15) is 0 Å². The number of carbonyl (C=O) groups is 1. The summed E-state index contributed by atoms with van der Waals surface area (Å²) in [5.41, 5.74) is 1.42. The number of likely N-dealkylation sites (tertiary alicyclic amines) is 1. The van der Waals surface area contributed by atoms with E-state index in [0.717, 1.165) is 44.7 Å². The Bertz CT molecular complexity index is 679. The summed E-state index contributed by atoms with van der Waals surface area (Å²) in [7, 11) is 0. The highest BCUT2D eigenvalue weighted by molar-refractivity contribution is 5.76. The molecule has 1 aliphatic rings. The lowest BCUT2D eigenvalue weighted by Crippen LogP contribution is -2.47. The van der Waals surface area contributed by atoms with Crippen molar-refractivity contribution in [3.63, 3.8) is 0 Å². The van der Waals surface area contributed by atoms with Crippen molar-refractivity contribution in [1.29, 1.82) is 0 Å². The molecular formula is C20H27N3O. The van der Waals surface area contributed by atoms with Gasteiger partial charge in [0, 0.05) is 43.9 Å². The van der Waals surface area contributed by atoms with Crippen molar-refractivity contribution in [1.82, 2.24) is 14.5 Å². The van der Waals surface area contributed by atoms with Crippen LogP contribution in [0.1, 0.15) is 44.0 Å². The van der Waals surface area contributed by atoms with E-state index in [1.807, 2.05) is 19.3 Å². The molecule has 0 saturated carbocycles. The second kappa shape index (κ2) is 7.20. The summed E-state index contributed by atoms with van der Waals surface area (Å²) in [6.45, 7) is 6.88. The molecule has 1 unspecified atom stereocenters. The molecule has 1 aromatic heterocycles. The smallest absolute Gasteiger partial charge is 0.222 e. The SMILES string of the molecule is Cc1nccn1CCCC(=O)N1CCCC(C)(c2ccccc2)C1. The molecule has 1 aromatic carbocycles. The third-order valence-corrected chi connectivity index (χ3v) is 5.23. The van der Waals surface area contributed by atoms with E-state index < -0.39 is 0 Å². The molecule has 0 bridgehead atoms. The number of nitrogens with zero attached hydrogens (tertiary/aromatic N) is 3. The number of carbonyl (C=O) groups excluding carboxylic acids is 1. The summed E-state index contributed by atoms with van der Waals surface area (Å²) in [4.78, 5) is 18.9. The lowest BCUT2D eigenvalue weighted by Gasteiger charge is -2.41. The summed E-state index contributed by atoms with van der Waals surface area (Å²) < 4.78 is 2.11. The van der Waals surface area contributed by atoms with E-state index in [4.69, 9.17) is 0 Å². The number of hydrogen-bond donors (Lipinski definition) is 0. The molecule has 1 atom stereocenters. The van der Waals surface area contributed by atoms with Gasteiger partial charge in [0.05, 0.1) is 0 Å². The monoisotopic (exact) mass is 325 g/mol. The Morgan fingerprint density at radius 2 is 2.08 bits per heavy atom. The van der Waals surface area contributed by atoms with Crippen molar-refractivity contribution in [3.05, 3.63) is 54.1 Å². The minimum absolute atomic E-state index is 0.0795. The fourth-order valence-corrected chi connectivity index (χ4v) is 3.73. The fourth-order valence-electron chi connectivity index (χ4n) is 3.73. The average molecular weight is 325 g/mol. The van der Waals surface area contributed by atoms with Gasteiger partial charge >= 0.3 is 0 Å². The van der Waals surface area contributed by atoms with Crippen molar-refractivity contribution >= 4 is 5.91 Å². The summed E-state index contributed by atoms with van der Waals surface area (Å²) >= 11 is 0. The molecule has 1 saturated heterocycles. The Balaban J connectivity index is 1.56. The van der Waals surface area contributed by atoms with Gasteiger partial charge in [0.15, 0.2) is 0 Å². The Morgan fingerprint density at radius 3 is 2.79 bits per heavy atom. The predicted octanol–water partition coefficient (Wildman–Crippen LogP) is 3.55. The highest BCUT2D eigenvalue weighted by Crippen LogP contribution is 2.33. The quantitative estimate of drug-likeness (QED) is 0.843. The van der Waals surface area contributed by atoms with Crippen LogP contribution in [-0.2, 0) is 16.8 Å². The highest BCUT2D eigenvalue weighted by atomic mass is 16.2. The summed E-state index contributed by atoms with van der Waals surface area (Å²) in [6.07, 6.45) is 7.50. The second-order valence-corrected chi connectivity index (χ2v) is 7.12. The molecule has 4 nitrogen and oxygen atoms in total. The lowest BCUT2D eigenvalue weighted by atomic mass is 9.76. The molecule has 3 rings (SSSR count). The number of amides is 1. The van der Waals surface area contributed by atoms with Crippen LogP contribution < -0.4 is 0 Å². The Morgan fingerprint density at radius 1 is 1.29 bits per heavy atom. The largest absolute Gasteiger partial charge is 0.342 e. The van der Waals surface area contributed by atoms with Crippen LogP contribution in [-0.4, -0.2) is 33.4 Å². The minimum Gasteiger partial charge on any atom is -0.342 e. The molecule has 0 radical (unpaired) electrons. The molecule has 1 aliphatic heterocycles. The third-order valence-electron chi connectivity index (χ3n) is 5.23. The first kappa shape index (κ1) is 16.7. The van der Waals surface area contributed by atoms with Crippen LogP contribution in [0.25, 0.3) is 0 Å². The molecule has 1 fully saturated rings. The summed E-state index contributed by atoms with van der Waals surface area (Å²) in [5, 5.41) is 0. The van der Waals surface area contributed by atoms with Crippen LogP contribution in [0.3, 0.4) is 0 Å². The number of hydrogen-bond acceptors (Lipinski definition) is 2. The maximum atomic E-state index is 12.6. The maximum Gasteiger partial charge on any atom is 0.222 e. The van der Waals surface area contributed by atoms with E-state index in [2.05, 4.69) is 51.7 Å². The fraction of sp³-hybridized carbons (Fsp3) is 0.500. The van der Waals surface area contributed by atoms with E-state index in [1.165, 1.54) is 5.56 Å². The maximum absolute atomic E-state index is 12.6. The lowest BCUT2D eigenvalue weighted by molar-refractivity contribution is -0.133. The van der Waals surface area contributed by atoms with E-state index in [9.17, 15) is 4.79 Å². The molecule has 1 amide bonds. The standard InChI is InChI=1S/C20H27N3O/c1-17-21-12-15-22(17)13-6-10-19(24)23-14-7-11-20(2,16-23)18-8-4-3-5-9-18/h3-5,8-9,12,15H,6-7,10-11,13-14,16H2,1-2H3. The average Bonchev–Trinajstić information content (AvgIpc) is 3.01. The van der Waals surface area contributed by atoms with Gasteiger partial charge in [0.1, 0.15) is 5.82 Å². The number of benzene rings is 1. The van der Waals surface area contributed by atoms with E-state index in [-0.39, 0.29) is 11.3 Å². The van der Waals surface area contributed by atoms with Gasteiger partial charge in [-0.25, -0.2) is 4.98 Å². The molecule has 2 aromatic rings. The van der Waals surface area contributed by atoms with Gasteiger partial charge in [0.25, 0.3) is 0 Å². The Hall–Kier alpha value is -2.10. The van der Waals surface area contributed by atoms with Gasteiger partial charge in [-0.3, -0.25) is 4.79 Å². The highest BCUT2D eigenvalue weighted by Gasteiger charge is 2.34. The zero-order chi connectivity index (χ0) is 17.0. The molecule has 4 heteroatoms. The number of rotatable bonds is 5. The summed E-state index contributed by atoms with van der Waals surface area (Å²) in [6, 6.07) is 10.6. The predicted molar refractivity (Wildman–Crippen MR) is 95.8 cm³/mol. The summed E-state index contributed by atoms with van der Waals surface area (Å²) in [5.74, 6) is 1.30. The molecule has 2 heterocycles. The van der Waals surface area contributed by atoms with Crippen LogP contribution in [0.15, 0.2) is 42.7 Å². The topological polar surface area (TPSA) is 38.1 Å². The first-order chi connectivity index (χ1) is 11.6. The van der Waals surface area contributed by atoms with Crippen molar-refractivity contribution in [2.75, 3.05) is 13.1 Å². The van der Waals surface area contributed by atoms with Gasteiger partial charge < -0.3 is 9.47 Å². The van der Waals surface area contributed by atoms with E-state index >= 15 is 0 Å². The van der Waals surface area contributed by atoms with Gasteiger partial charge in [-0.05, 0) is 31.7 Å². The van der Waals surface area contributed by atoms with E-state index in [0.29, 0.717) is 6.42 Å².